The molecule has 0 saturated carbocycles. The predicted octanol–water partition coefficient (Wildman–Crippen LogP) is 5.07. The molecule has 0 spiro atoms. The van der Waals surface area contributed by atoms with Crippen molar-refractivity contribution < 1.29 is 38.5 Å². The van der Waals surface area contributed by atoms with Gasteiger partial charge in [0.15, 0.2) is 0 Å². The van der Waals surface area contributed by atoms with Crippen molar-refractivity contribution in [1.29, 1.82) is 0 Å². The zero-order valence-corrected chi connectivity index (χ0v) is 22.5. The Kier molecular flexibility index (Phi) is 8.52. The molecule has 1 aliphatic rings. The van der Waals surface area contributed by atoms with E-state index in [0.29, 0.717) is 5.56 Å². The van der Waals surface area contributed by atoms with Gasteiger partial charge in [-0.15, -0.1) is 0 Å². The van der Waals surface area contributed by atoms with Crippen molar-refractivity contribution in [1.82, 2.24) is 5.32 Å². The third-order valence-electron chi connectivity index (χ3n) is 6.29. The van der Waals surface area contributed by atoms with E-state index in [4.69, 9.17) is 19.3 Å². The lowest BCUT2D eigenvalue weighted by Crippen LogP contribution is -2.44. The Hall–Kier alpha value is -4.66. The normalized spacial score (nSPS) is 13.0. The Labute approximate surface area is 232 Å². The van der Waals surface area contributed by atoms with Crippen LogP contribution in [0.4, 0.5) is 4.79 Å². The van der Waals surface area contributed by atoms with E-state index in [-0.39, 0.29) is 24.7 Å². The number of benzene rings is 3. The van der Waals surface area contributed by atoms with E-state index in [2.05, 4.69) is 5.32 Å². The number of rotatable bonds is 9. The van der Waals surface area contributed by atoms with E-state index in [1.165, 1.54) is 24.3 Å². The molecular weight excluding hydrogens is 514 g/mol. The van der Waals surface area contributed by atoms with Crippen molar-refractivity contribution in [3.8, 4) is 11.1 Å². The lowest BCUT2D eigenvalue weighted by Gasteiger charge is -2.22. The van der Waals surface area contributed by atoms with E-state index >= 15 is 0 Å². The topological polar surface area (TPSA) is 128 Å². The molecule has 3 aromatic rings. The quantitative estimate of drug-likeness (QED) is 0.282. The van der Waals surface area contributed by atoms with Crippen LogP contribution >= 0.6 is 0 Å². The Morgan fingerprint density at radius 3 is 1.98 bits per heavy atom. The number of aromatic carboxylic acids is 1. The Bertz CT molecular complexity index is 1360. The zero-order chi connectivity index (χ0) is 28.9. The Balaban J connectivity index is 1.42. The average Bonchev–Trinajstić information content (AvgIpc) is 3.23. The third kappa shape index (κ3) is 7.05. The van der Waals surface area contributed by atoms with Crippen molar-refractivity contribution >= 4 is 24.0 Å². The number of carboxylic acids is 1. The fourth-order valence-corrected chi connectivity index (χ4v) is 4.52. The number of amides is 1. The highest BCUT2D eigenvalue weighted by atomic mass is 16.6. The summed E-state index contributed by atoms with van der Waals surface area (Å²) in [5.74, 6) is -2.81. The molecule has 1 atom stereocenters. The molecule has 40 heavy (non-hydrogen) atoms. The summed E-state index contributed by atoms with van der Waals surface area (Å²) < 4.78 is 16.2. The molecule has 1 amide bonds. The molecule has 0 unspecified atom stereocenters. The molecule has 0 saturated heterocycles. The Morgan fingerprint density at radius 2 is 1.43 bits per heavy atom. The minimum atomic E-state index is -1.36. The minimum absolute atomic E-state index is 0.0317. The lowest BCUT2D eigenvalue weighted by molar-refractivity contribution is -0.160. The first-order valence-corrected chi connectivity index (χ1v) is 12.8. The largest absolute Gasteiger partial charge is 0.478 e. The van der Waals surface area contributed by atoms with Gasteiger partial charge in [-0.1, -0.05) is 60.7 Å². The molecule has 0 radical (unpaired) electrons. The number of hydrogen-bond donors (Lipinski definition) is 2. The van der Waals surface area contributed by atoms with E-state index in [9.17, 15) is 19.2 Å². The van der Waals surface area contributed by atoms with Crippen LogP contribution in [0.25, 0.3) is 11.1 Å². The SMILES string of the molecule is CC(C)(C)OC(=O)C[C@H](NC(=O)OCC1c2ccccc2-c2ccccc21)C(=O)OCc1ccc(C(=O)O)cc1. The lowest BCUT2D eigenvalue weighted by atomic mass is 9.98. The highest BCUT2D eigenvalue weighted by molar-refractivity contribution is 5.88. The second kappa shape index (κ2) is 12.0. The number of fused-ring (bicyclic) bond motifs is 3. The van der Waals surface area contributed by atoms with Gasteiger partial charge in [0.2, 0.25) is 0 Å². The van der Waals surface area contributed by atoms with Crippen molar-refractivity contribution in [3.05, 3.63) is 95.1 Å². The standard InChI is InChI=1S/C31H31NO8/c1-31(2,3)40-27(33)16-26(29(36)38-17-19-12-14-20(15-13-19)28(34)35)32-30(37)39-18-25-23-10-6-4-8-21(23)22-9-5-7-11-24(22)25/h4-15,25-26H,16-18H2,1-3H3,(H,32,37)(H,34,35)/t26-/m0/s1. The van der Waals surface area contributed by atoms with E-state index in [1.807, 2.05) is 48.5 Å². The maximum Gasteiger partial charge on any atom is 0.407 e. The molecule has 9 heteroatoms. The smallest absolute Gasteiger partial charge is 0.407 e. The molecule has 0 fully saturated rings. The highest BCUT2D eigenvalue weighted by Gasteiger charge is 2.31. The number of nitrogens with one attached hydrogen (secondary N) is 1. The molecule has 2 N–H and O–H groups in total. The van der Waals surface area contributed by atoms with Gasteiger partial charge in [-0.05, 0) is 60.7 Å². The number of carboxylic acid groups (broad SMARTS) is 1. The van der Waals surface area contributed by atoms with Gasteiger partial charge < -0.3 is 24.6 Å². The number of alkyl carbamates (subject to hydrolysis) is 1. The summed E-state index contributed by atoms with van der Waals surface area (Å²) in [6.45, 7) is 4.92. The third-order valence-corrected chi connectivity index (χ3v) is 6.29. The second-order valence-corrected chi connectivity index (χ2v) is 10.4. The molecule has 0 aliphatic heterocycles. The number of esters is 2. The summed E-state index contributed by atoms with van der Waals surface area (Å²) >= 11 is 0. The van der Waals surface area contributed by atoms with Crippen LogP contribution in [-0.4, -0.2) is 47.4 Å². The molecule has 0 aromatic heterocycles. The summed E-state index contributed by atoms with van der Waals surface area (Å²) in [6, 6.07) is 20.3. The van der Waals surface area contributed by atoms with E-state index in [0.717, 1.165) is 22.3 Å². The van der Waals surface area contributed by atoms with E-state index in [1.54, 1.807) is 20.8 Å². The molecule has 0 heterocycles. The number of carbonyl (C=O) groups excluding carboxylic acids is 3. The number of hydrogen-bond acceptors (Lipinski definition) is 7. The first kappa shape index (κ1) is 28.4. The molecule has 1 aliphatic carbocycles. The molecule has 9 nitrogen and oxygen atoms in total. The second-order valence-electron chi connectivity index (χ2n) is 10.4. The van der Waals surface area contributed by atoms with Crippen LogP contribution in [0.3, 0.4) is 0 Å². The zero-order valence-electron chi connectivity index (χ0n) is 22.5. The molecular formula is C31H31NO8. The fourth-order valence-electron chi connectivity index (χ4n) is 4.52. The predicted molar refractivity (Wildman–Crippen MR) is 146 cm³/mol. The van der Waals surface area contributed by atoms with Crippen LogP contribution in [0.15, 0.2) is 72.8 Å². The Morgan fingerprint density at radius 1 is 0.850 bits per heavy atom. The average molecular weight is 546 g/mol. The van der Waals surface area contributed by atoms with Gasteiger partial charge >= 0.3 is 24.0 Å². The van der Waals surface area contributed by atoms with Gasteiger partial charge in [0, 0.05) is 5.92 Å². The maximum atomic E-state index is 12.9. The summed E-state index contributed by atoms with van der Waals surface area (Å²) in [6.07, 6.45) is -1.34. The summed E-state index contributed by atoms with van der Waals surface area (Å²) in [5.41, 5.74) is 4.07. The van der Waals surface area contributed by atoms with Gasteiger partial charge in [-0.2, -0.15) is 0 Å². The van der Waals surface area contributed by atoms with Gasteiger partial charge in [0.25, 0.3) is 0 Å². The van der Waals surface area contributed by atoms with E-state index < -0.39 is 42.1 Å². The van der Waals surface area contributed by atoms with Crippen molar-refractivity contribution in [2.75, 3.05) is 6.61 Å². The van der Waals surface area contributed by atoms with Gasteiger partial charge in [0.1, 0.15) is 24.9 Å². The van der Waals surface area contributed by atoms with Crippen molar-refractivity contribution in [3.63, 3.8) is 0 Å². The highest BCUT2D eigenvalue weighted by Crippen LogP contribution is 2.44. The van der Waals surface area contributed by atoms with Crippen LogP contribution in [0.5, 0.6) is 0 Å². The molecule has 3 aromatic carbocycles. The molecule has 0 bridgehead atoms. The van der Waals surface area contributed by atoms with Crippen LogP contribution in [0.1, 0.15) is 60.2 Å². The first-order chi connectivity index (χ1) is 19.0. The monoisotopic (exact) mass is 545 g/mol. The number of ether oxygens (including phenoxy) is 3. The first-order valence-electron chi connectivity index (χ1n) is 12.8. The van der Waals surface area contributed by atoms with Crippen molar-refractivity contribution in [2.24, 2.45) is 0 Å². The summed E-state index contributed by atoms with van der Waals surface area (Å²) in [5, 5.41) is 11.5. The summed E-state index contributed by atoms with van der Waals surface area (Å²) in [4.78, 5) is 49.3. The number of carbonyl (C=O) groups is 4. The fraction of sp³-hybridized carbons (Fsp3) is 0.290. The molecule has 4 rings (SSSR count). The van der Waals surface area contributed by atoms with Crippen LogP contribution in [0.2, 0.25) is 0 Å². The van der Waals surface area contributed by atoms with Gasteiger partial charge in [-0.3, -0.25) is 4.79 Å². The van der Waals surface area contributed by atoms with Crippen LogP contribution in [-0.2, 0) is 30.4 Å². The van der Waals surface area contributed by atoms with Crippen LogP contribution < -0.4 is 5.32 Å². The molecule has 208 valence electrons. The van der Waals surface area contributed by atoms with Crippen LogP contribution in [0, 0.1) is 0 Å². The maximum absolute atomic E-state index is 12.9. The van der Waals surface area contributed by atoms with Gasteiger partial charge in [0.05, 0.1) is 12.0 Å². The minimum Gasteiger partial charge on any atom is -0.478 e. The van der Waals surface area contributed by atoms with Crippen molar-refractivity contribution in [2.45, 2.75) is 51.4 Å². The van der Waals surface area contributed by atoms with Gasteiger partial charge in [-0.25, -0.2) is 14.4 Å². The summed E-state index contributed by atoms with van der Waals surface area (Å²) in [7, 11) is 0.